The van der Waals surface area contributed by atoms with E-state index in [0.29, 0.717) is 19.3 Å². The lowest BCUT2D eigenvalue weighted by Crippen LogP contribution is -2.61. The lowest BCUT2D eigenvalue weighted by Gasteiger charge is -2.41. The molecule has 1 heterocycles. The van der Waals surface area contributed by atoms with E-state index in [9.17, 15) is 35.1 Å². The molecule has 75 heavy (non-hydrogen) atoms. The van der Waals surface area contributed by atoms with Crippen molar-refractivity contribution in [3.63, 3.8) is 0 Å². The van der Waals surface area contributed by atoms with E-state index in [2.05, 4.69) is 68.6 Å². The zero-order valence-corrected chi connectivity index (χ0v) is 47.1. The van der Waals surface area contributed by atoms with Crippen molar-refractivity contribution in [2.45, 2.75) is 269 Å². The molecular formula is C64H107NO10. The molecule has 1 amide bonds. The van der Waals surface area contributed by atoms with Gasteiger partial charge in [0.1, 0.15) is 24.4 Å². The van der Waals surface area contributed by atoms with Crippen LogP contribution in [0.5, 0.6) is 0 Å². The highest BCUT2D eigenvalue weighted by molar-refractivity contribution is 5.80. The summed E-state index contributed by atoms with van der Waals surface area (Å²) in [5, 5.41) is 56.8. The van der Waals surface area contributed by atoms with Gasteiger partial charge in [-0.05, 0) is 77.0 Å². The number of aliphatic hydroxyl groups is 5. The van der Waals surface area contributed by atoms with E-state index in [0.717, 1.165) is 70.6 Å². The van der Waals surface area contributed by atoms with Gasteiger partial charge in [0.25, 0.3) is 0 Å². The molecule has 0 bridgehead atoms. The van der Waals surface area contributed by atoms with Gasteiger partial charge in [-0.15, -0.1) is 0 Å². The molecule has 6 N–H and O–H groups in total. The van der Waals surface area contributed by atoms with Gasteiger partial charge in [-0.25, -0.2) is 0 Å². The van der Waals surface area contributed by atoms with Gasteiger partial charge in [0.05, 0.1) is 25.4 Å². The Labute approximate surface area is 456 Å². The van der Waals surface area contributed by atoms with Crippen LogP contribution in [-0.2, 0) is 23.8 Å². The Kier molecular flexibility index (Phi) is 47.2. The molecule has 1 aliphatic rings. The van der Waals surface area contributed by atoms with E-state index in [1.807, 2.05) is 60.8 Å². The molecule has 0 aliphatic carbocycles. The summed E-state index contributed by atoms with van der Waals surface area (Å²) in [6.45, 7) is 5.54. The second kappa shape index (κ2) is 51.1. The monoisotopic (exact) mass is 1050 g/mol. The lowest BCUT2D eigenvalue weighted by atomic mass is 9.99. The Bertz CT molecular complexity index is 1630. The van der Waals surface area contributed by atoms with E-state index < -0.39 is 67.4 Å². The van der Waals surface area contributed by atoms with Gasteiger partial charge in [-0.1, -0.05) is 246 Å². The summed E-state index contributed by atoms with van der Waals surface area (Å²) in [4.78, 5) is 26.4. The SMILES string of the molecule is CC/C=C/C=C/C=C\C=C/C=C/CCCC(=O)OC1C(OCC(NC(=O)C(O)CCCCCCCCCCC/C=C\C/C=C\C/C=C\CCCCC)C(O)/C=C/CCCCCCCCCCC)OC(CO)C(O)C1O. The standard InChI is InChI=1S/C64H107NO10/c1-4-7-10-13-16-19-22-24-25-26-27-28-29-30-31-32-34-36-39-42-45-48-51-57(68)63(72)65-55(56(67)50-47-44-41-38-35-21-18-15-12-9-6-3)54-73-64-62(61(71)60(70)58(53-66)74-64)75-59(69)52-49-46-43-40-37-33-23-20-17-14-11-8-5-2/h8,11,14,16-17,19-20,23-25,27-28,33,37,40,43,47,50,55-58,60-62,64,66-68,70-71H,4-7,9-10,12-13,15,18,21-22,26,29-32,34-36,38-39,41-42,44-46,48-49,51-54H2,1-3H3,(H,65,72)/b11-8+,17-14+,19-16-,23-20-,25-24-,28-27-,37-33-,43-40+,50-47+. The Morgan fingerprint density at radius 1 is 0.547 bits per heavy atom. The van der Waals surface area contributed by atoms with Gasteiger partial charge in [0.15, 0.2) is 12.4 Å². The van der Waals surface area contributed by atoms with Gasteiger partial charge in [-0.2, -0.15) is 0 Å². The summed E-state index contributed by atoms with van der Waals surface area (Å²) < 4.78 is 17.5. The van der Waals surface area contributed by atoms with Crippen LogP contribution in [0.3, 0.4) is 0 Å². The molecule has 1 rings (SSSR count). The smallest absolute Gasteiger partial charge is 0.306 e. The highest BCUT2D eigenvalue weighted by Gasteiger charge is 2.47. The summed E-state index contributed by atoms with van der Waals surface area (Å²) in [6, 6.07) is -1.05. The van der Waals surface area contributed by atoms with Crippen molar-refractivity contribution in [1.82, 2.24) is 5.32 Å². The number of esters is 1. The van der Waals surface area contributed by atoms with Crippen molar-refractivity contribution in [2.24, 2.45) is 0 Å². The van der Waals surface area contributed by atoms with Crippen LogP contribution < -0.4 is 5.32 Å². The van der Waals surface area contributed by atoms with Gasteiger partial charge in [-0.3, -0.25) is 9.59 Å². The first-order chi connectivity index (χ1) is 36.7. The highest BCUT2D eigenvalue weighted by Crippen LogP contribution is 2.26. The first-order valence-corrected chi connectivity index (χ1v) is 29.7. The molecule has 0 saturated carbocycles. The molecule has 0 aromatic heterocycles. The van der Waals surface area contributed by atoms with Gasteiger partial charge >= 0.3 is 5.97 Å². The lowest BCUT2D eigenvalue weighted by molar-refractivity contribution is -0.305. The van der Waals surface area contributed by atoms with E-state index in [1.165, 1.54) is 96.3 Å². The number of aliphatic hydroxyl groups excluding tert-OH is 5. The number of hydrogen-bond donors (Lipinski definition) is 6. The quantitative estimate of drug-likeness (QED) is 0.0149. The van der Waals surface area contributed by atoms with Crippen LogP contribution in [0.4, 0.5) is 0 Å². The number of unbranched alkanes of at least 4 members (excludes halogenated alkanes) is 22. The fourth-order valence-corrected chi connectivity index (χ4v) is 8.57. The van der Waals surface area contributed by atoms with Crippen LogP contribution in [0.2, 0.25) is 0 Å². The minimum Gasteiger partial charge on any atom is -0.454 e. The number of ether oxygens (including phenoxy) is 3. The second-order valence-electron chi connectivity index (χ2n) is 20.1. The number of carbonyl (C=O) groups excluding carboxylic acids is 2. The van der Waals surface area contributed by atoms with Crippen LogP contribution >= 0.6 is 0 Å². The molecule has 11 heteroatoms. The molecule has 0 spiro atoms. The van der Waals surface area contributed by atoms with Crippen LogP contribution in [0, 0.1) is 0 Å². The Morgan fingerprint density at radius 3 is 1.57 bits per heavy atom. The number of nitrogens with one attached hydrogen (secondary N) is 1. The predicted octanol–water partition coefficient (Wildman–Crippen LogP) is 13.7. The third kappa shape index (κ3) is 39.4. The van der Waals surface area contributed by atoms with Crippen LogP contribution in [0.15, 0.2) is 109 Å². The third-order valence-electron chi connectivity index (χ3n) is 13.3. The summed E-state index contributed by atoms with van der Waals surface area (Å²) in [6.07, 6.45) is 58.6. The number of hydrogen-bond acceptors (Lipinski definition) is 10. The summed E-state index contributed by atoms with van der Waals surface area (Å²) >= 11 is 0. The average molecular weight is 1050 g/mol. The molecule has 8 unspecified atom stereocenters. The average Bonchev–Trinajstić information content (AvgIpc) is 3.41. The van der Waals surface area contributed by atoms with Gasteiger partial charge in [0.2, 0.25) is 5.91 Å². The number of rotatable bonds is 48. The first kappa shape index (κ1) is 69.3. The molecule has 0 aromatic rings. The Balaban J connectivity index is 2.70. The Morgan fingerprint density at radius 2 is 1.01 bits per heavy atom. The zero-order chi connectivity index (χ0) is 54.7. The largest absolute Gasteiger partial charge is 0.454 e. The van der Waals surface area contributed by atoms with Crippen LogP contribution in [0.1, 0.15) is 220 Å². The third-order valence-corrected chi connectivity index (χ3v) is 13.3. The van der Waals surface area contributed by atoms with Crippen molar-refractivity contribution in [3.8, 4) is 0 Å². The molecule has 0 radical (unpaired) electrons. The van der Waals surface area contributed by atoms with Crippen molar-refractivity contribution in [3.05, 3.63) is 109 Å². The first-order valence-electron chi connectivity index (χ1n) is 29.7. The maximum Gasteiger partial charge on any atom is 0.306 e. The molecule has 11 nitrogen and oxygen atoms in total. The maximum atomic E-state index is 13.4. The van der Waals surface area contributed by atoms with E-state index >= 15 is 0 Å². The van der Waals surface area contributed by atoms with Crippen molar-refractivity contribution in [1.29, 1.82) is 0 Å². The molecule has 1 aliphatic heterocycles. The van der Waals surface area contributed by atoms with Crippen molar-refractivity contribution < 1.29 is 49.3 Å². The van der Waals surface area contributed by atoms with E-state index in [4.69, 9.17) is 14.2 Å². The van der Waals surface area contributed by atoms with Crippen LogP contribution in [-0.4, -0.2) is 99.6 Å². The second-order valence-corrected chi connectivity index (χ2v) is 20.1. The van der Waals surface area contributed by atoms with E-state index in [-0.39, 0.29) is 19.4 Å². The molecule has 428 valence electrons. The van der Waals surface area contributed by atoms with E-state index in [1.54, 1.807) is 6.08 Å². The summed E-state index contributed by atoms with van der Waals surface area (Å²) in [7, 11) is 0. The Hall–Kier alpha value is -3.68. The normalized spacial score (nSPS) is 20.0. The molecule has 0 aromatic carbocycles. The number of carbonyl (C=O) groups is 2. The number of amides is 1. The van der Waals surface area contributed by atoms with Crippen LogP contribution in [0.25, 0.3) is 0 Å². The van der Waals surface area contributed by atoms with Gasteiger partial charge in [0, 0.05) is 6.42 Å². The maximum absolute atomic E-state index is 13.4. The summed E-state index contributed by atoms with van der Waals surface area (Å²) in [5.41, 5.74) is 0. The zero-order valence-electron chi connectivity index (χ0n) is 47.1. The highest BCUT2D eigenvalue weighted by atomic mass is 16.7. The molecule has 1 fully saturated rings. The molecule has 1 saturated heterocycles. The minimum atomic E-state index is -1.65. The minimum absolute atomic E-state index is 0.0215. The molecule has 8 atom stereocenters. The predicted molar refractivity (Wildman–Crippen MR) is 310 cm³/mol. The van der Waals surface area contributed by atoms with Gasteiger partial charge < -0.3 is 45.1 Å². The number of allylic oxidation sites excluding steroid dienone is 17. The van der Waals surface area contributed by atoms with Crippen molar-refractivity contribution in [2.75, 3.05) is 13.2 Å². The fourth-order valence-electron chi connectivity index (χ4n) is 8.57. The summed E-state index contributed by atoms with van der Waals surface area (Å²) in [5.74, 6) is -1.29. The fraction of sp³-hybridized carbons (Fsp3) is 0.688. The topological polar surface area (TPSA) is 175 Å². The van der Waals surface area contributed by atoms with Crippen molar-refractivity contribution >= 4 is 11.9 Å². The molecular weight excluding hydrogens is 943 g/mol.